The van der Waals surface area contributed by atoms with Crippen LogP contribution in [0.3, 0.4) is 0 Å². The quantitative estimate of drug-likeness (QED) is 0.621. The van der Waals surface area contributed by atoms with E-state index in [9.17, 15) is 14.0 Å². The summed E-state index contributed by atoms with van der Waals surface area (Å²) in [6.45, 7) is 2.07. The Morgan fingerprint density at radius 1 is 1.00 bits per heavy atom. The van der Waals surface area contributed by atoms with Crippen LogP contribution >= 0.6 is 0 Å². The van der Waals surface area contributed by atoms with Crippen molar-refractivity contribution in [3.05, 3.63) is 83.8 Å². The first-order valence-electron chi connectivity index (χ1n) is 8.62. The van der Waals surface area contributed by atoms with Gasteiger partial charge in [0, 0.05) is 17.6 Å². The van der Waals surface area contributed by atoms with Crippen molar-refractivity contribution in [1.29, 1.82) is 0 Å². The highest BCUT2D eigenvalue weighted by Gasteiger charge is 2.08. The number of hydrogen-bond donors (Lipinski definition) is 2. The minimum Gasteiger partial charge on any atom is -0.462 e. The van der Waals surface area contributed by atoms with E-state index in [-0.39, 0.29) is 11.9 Å². The number of benzene rings is 2. The number of anilines is 3. The first-order chi connectivity index (χ1) is 13.5. The summed E-state index contributed by atoms with van der Waals surface area (Å²) in [5, 5.41) is 5.69. The number of esters is 1. The Balaban J connectivity index is 1.62. The fraction of sp³-hybridized carbons (Fsp3) is 0.0952. The van der Waals surface area contributed by atoms with Gasteiger partial charge in [-0.15, -0.1) is 0 Å². The van der Waals surface area contributed by atoms with Gasteiger partial charge in [-0.25, -0.2) is 14.2 Å². The summed E-state index contributed by atoms with van der Waals surface area (Å²) in [6.07, 6.45) is 1.42. The summed E-state index contributed by atoms with van der Waals surface area (Å²) in [4.78, 5) is 28.1. The summed E-state index contributed by atoms with van der Waals surface area (Å²) in [6, 6.07) is 15.7. The van der Waals surface area contributed by atoms with Crippen molar-refractivity contribution < 1.29 is 18.7 Å². The van der Waals surface area contributed by atoms with E-state index in [2.05, 4.69) is 15.6 Å². The standard InChI is InChI=1S/C21H18FN3O3/c1-2-28-21(27)14-6-9-17(10-7-14)24-19-11-8-15(13-23-19)20(26)25-18-5-3-4-16(22)12-18/h3-13H,2H2,1H3,(H,23,24)(H,25,26). The summed E-state index contributed by atoms with van der Waals surface area (Å²) in [5.41, 5.74) is 1.91. The highest BCUT2D eigenvalue weighted by atomic mass is 19.1. The molecule has 0 fully saturated rings. The van der Waals surface area contributed by atoms with Gasteiger partial charge in [-0.3, -0.25) is 4.79 Å². The second kappa shape index (κ2) is 8.77. The van der Waals surface area contributed by atoms with E-state index >= 15 is 0 Å². The fourth-order valence-electron chi connectivity index (χ4n) is 2.42. The van der Waals surface area contributed by atoms with Crippen molar-refractivity contribution in [2.75, 3.05) is 17.2 Å². The Morgan fingerprint density at radius 2 is 1.75 bits per heavy atom. The van der Waals surface area contributed by atoms with Crippen molar-refractivity contribution in [1.82, 2.24) is 4.98 Å². The van der Waals surface area contributed by atoms with Gasteiger partial charge < -0.3 is 15.4 Å². The van der Waals surface area contributed by atoms with E-state index in [0.29, 0.717) is 29.2 Å². The minimum absolute atomic E-state index is 0.321. The average Bonchev–Trinajstić information content (AvgIpc) is 2.69. The predicted molar refractivity (Wildman–Crippen MR) is 104 cm³/mol. The third-order valence-electron chi connectivity index (χ3n) is 3.78. The van der Waals surface area contributed by atoms with Crippen molar-refractivity contribution in [3.63, 3.8) is 0 Å². The van der Waals surface area contributed by atoms with E-state index in [4.69, 9.17) is 4.74 Å². The molecule has 3 rings (SSSR count). The molecule has 3 aromatic rings. The number of hydrogen-bond acceptors (Lipinski definition) is 5. The molecule has 2 N–H and O–H groups in total. The Hall–Kier alpha value is -3.74. The Bertz CT molecular complexity index is 973. The van der Waals surface area contributed by atoms with Crippen LogP contribution in [-0.2, 0) is 4.74 Å². The zero-order chi connectivity index (χ0) is 19.9. The van der Waals surface area contributed by atoms with Gasteiger partial charge in [-0.1, -0.05) is 6.07 Å². The predicted octanol–water partition coefficient (Wildman–Crippen LogP) is 4.39. The first-order valence-corrected chi connectivity index (χ1v) is 8.62. The molecule has 1 heterocycles. The number of ether oxygens (including phenoxy) is 1. The van der Waals surface area contributed by atoms with Gasteiger partial charge in [-0.05, 0) is 61.5 Å². The summed E-state index contributed by atoms with van der Waals surface area (Å²) >= 11 is 0. The molecule has 0 spiro atoms. The van der Waals surface area contributed by atoms with Crippen LogP contribution in [0, 0.1) is 5.82 Å². The van der Waals surface area contributed by atoms with Crippen LogP contribution < -0.4 is 10.6 Å². The lowest BCUT2D eigenvalue weighted by molar-refractivity contribution is 0.0526. The molecule has 0 aliphatic rings. The van der Waals surface area contributed by atoms with Gasteiger partial charge in [0.2, 0.25) is 0 Å². The smallest absolute Gasteiger partial charge is 0.338 e. The lowest BCUT2D eigenvalue weighted by Crippen LogP contribution is -2.12. The second-order valence-electron chi connectivity index (χ2n) is 5.82. The molecule has 28 heavy (non-hydrogen) atoms. The molecule has 1 amide bonds. The zero-order valence-corrected chi connectivity index (χ0v) is 15.1. The summed E-state index contributed by atoms with van der Waals surface area (Å²) < 4.78 is 18.1. The first kappa shape index (κ1) is 19.0. The molecule has 0 unspecified atom stereocenters. The molecule has 1 aromatic heterocycles. The van der Waals surface area contributed by atoms with Crippen LogP contribution in [0.25, 0.3) is 0 Å². The number of aromatic nitrogens is 1. The number of carbonyl (C=O) groups is 2. The van der Waals surface area contributed by atoms with Gasteiger partial charge in [0.15, 0.2) is 0 Å². The summed E-state index contributed by atoms with van der Waals surface area (Å²) in [7, 11) is 0. The topological polar surface area (TPSA) is 80.3 Å². The van der Waals surface area contributed by atoms with Crippen molar-refractivity contribution >= 4 is 29.1 Å². The number of pyridine rings is 1. The van der Waals surface area contributed by atoms with Gasteiger partial charge >= 0.3 is 5.97 Å². The van der Waals surface area contributed by atoms with Crippen molar-refractivity contribution in [2.24, 2.45) is 0 Å². The molecular weight excluding hydrogens is 361 g/mol. The Morgan fingerprint density at radius 3 is 2.39 bits per heavy atom. The Labute approximate surface area is 161 Å². The van der Waals surface area contributed by atoms with E-state index in [1.807, 2.05) is 0 Å². The number of nitrogens with one attached hydrogen (secondary N) is 2. The molecule has 0 atom stereocenters. The monoisotopic (exact) mass is 379 g/mol. The summed E-state index contributed by atoms with van der Waals surface area (Å²) in [5.74, 6) is -0.653. The lowest BCUT2D eigenvalue weighted by Gasteiger charge is -2.08. The molecule has 142 valence electrons. The maximum atomic E-state index is 13.2. The zero-order valence-electron chi connectivity index (χ0n) is 15.1. The SMILES string of the molecule is CCOC(=O)c1ccc(Nc2ccc(C(=O)Nc3cccc(F)c3)cn2)cc1. The fourth-order valence-corrected chi connectivity index (χ4v) is 2.42. The minimum atomic E-state index is -0.426. The third kappa shape index (κ3) is 4.91. The van der Waals surface area contributed by atoms with Crippen LogP contribution in [0.1, 0.15) is 27.6 Å². The molecule has 0 aliphatic carbocycles. The second-order valence-corrected chi connectivity index (χ2v) is 5.82. The number of nitrogens with zero attached hydrogens (tertiary/aromatic N) is 1. The van der Waals surface area contributed by atoms with E-state index in [0.717, 1.165) is 5.69 Å². The molecule has 7 heteroatoms. The molecule has 0 saturated carbocycles. The molecule has 0 radical (unpaired) electrons. The van der Waals surface area contributed by atoms with Gasteiger partial charge in [0.05, 0.1) is 17.7 Å². The normalized spacial score (nSPS) is 10.2. The van der Waals surface area contributed by atoms with Crippen molar-refractivity contribution in [2.45, 2.75) is 6.92 Å². The van der Waals surface area contributed by atoms with E-state index in [1.54, 1.807) is 49.4 Å². The highest BCUT2D eigenvalue weighted by molar-refractivity contribution is 6.04. The van der Waals surface area contributed by atoms with Crippen LogP contribution in [0.15, 0.2) is 66.9 Å². The van der Waals surface area contributed by atoms with Crippen molar-refractivity contribution in [3.8, 4) is 0 Å². The van der Waals surface area contributed by atoms with Gasteiger partial charge in [-0.2, -0.15) is 0 Å². The largest absolute Gasteiger partial charge is 0.462 e. The molecule has 2 aromatic carbocycles. The molecular formula is C21H18FN3O3. The van der Waals surface area contributed by atoms with Crippen LogP contribution in [0.2, 0.25) is 0 Å². The number of amides is 1. The highest BCUT2D eigenvalue weighted by Crippen LogP contribution is 2.17. The van der Waals surface area contributed by atoms with E-state index < -0.39 is 5.82 Å². The third-order valence-corrected chi connectivity index (χ3v) is 3.78. The van der Waals surface area contributed by atoms with Crippen LogP contribution in [-0.4, -0.2) is 23.5 Å². The maximum Gasteiger partial charge on any atom is 0.338 e. The van der Waals surface area contributed by atoms with Crippen LogP contribution in [0.5, 0.6) is 0 Å². The maximum absolute atomic E-state index is 13.2. The molecule has 6 nitrogen and oxygen atoms in total. The van der Waals surface area contributed by atoms with Crippen LogP contribution in [0.4, 0.5) is 21.6 Å². The number of carbonyl (C=O) groups excluding carboxylic acids is 2. The number of halogens is 1. The van der Waals surface area contributed by atoms with E-state index in [1.165, 1.54) is 24.4 Å². The van der Waals surface area contributed by atoms with Gasteiger partial charge in [0.25, 0.3) is 5.91 Å². The average molecular weight is 379 g/mol. The lowest BCUT2D eigenvalue weighted by atomic mass is 10.2. The Kier molecular flexibility index (Phi) is 5.96. The van der Waals surface area contributed by atoms with Gasteiger partial charge in [0.1, 0.15) is 11.6 Å². The molecule has 0 bridgehead atoms. The molecule has 0 saturated heterocycles. The number of rotatable bonds is 6. The molecule has 0 aliphatic heterocycles.